The molecule has 2 aliphatic rings. The van der Waals surface area contributed by atoms with Gasteiger partial charge in [-0.05, 0) is 67.3 Å². The number of hydrogen-bond donors (Lipinski definition) is 3. The number of sulfonamides is 1. The molecule has 0 radical (unpaired) electrons. The lowest BCUT2D eigenvalue weighted by Gasteiger charge is -2.15. The van der Waals surface area contributed by atoms with Gasteiger partial charge >= 0.3 is 0 Å². The molecule has 9 nitrogen and oxygen atoms in total. The molecule has 0 unspecified atom stereocenters. The Morgan fingerprint density at radius 1 is 1.00 bits per heavy atom. The van der Waals surface area contributed by atoms with E-state index in [1.807, 2.05) is 0 Å². The van der Waals surface area contributed by atoms with Crippen LogP contribution in [0.1, 0.15) is 48.5 Å². The minimum atomic E-state index is -3.75. The minimum absolute atomic E-state index is 0.0199. The normalized spacial score (nSPS) is 15.6. The van der Waals surface area contributed by atoms with Crippen LogP contribution in [0.15, 0.2) is 47.4 Å². The molecule has 1 heterocycles. The van der Waals surface area contributed by atoms with Crippen LogP contribution in [-0.4, -0.2) is 45.8 Å². The van der Waals surface area contributed by atoms with Crippen LogP contribution in [0.5, 0.6) is 0 Å². The van der Waals surface area contributed by atoms with Crippen LogP contribution in [-0.2, 0) is 26.0 Å². The van der Waals surface area contributed by atoms with Crippen LogP contribution in [0.4, 0.5) is 11.4 Å². The van der Waals surface area contributed by atoms with Gasteiger partial charge in [0.2, 0.25) is 21.8 Å². The third kappa shape index (κ3) is 5.88. The van der Waals surface area contributed by atoms with Crippen molar-refractivity contribution >= 4 is 39.1 Å². The van der Waals surface area contributed by atoms with E-state index in [4.69, 9.17) is 0 Å². The van der Waals surface area contributed by atoms with Gasteiger partial charge in [0.25, 0.3) is 5.91 Å². The van der Waals surface area contributed by atoms with Gasteiger partial charge in [0.1, 0.15) is 0 Å². The maximum Gasteiger partial charge on any atom is 0.251 e. The van der Waals surface area contributed by atoms with E-state index in [0.717, 1.165) is 36.9 Å². The Labute approximate surface area is 205 Å². The minimum Gasteiger partial charge on any atom is -0.351 e. The third-order valence-electron chi connectivity index (χ3n) is 6.48. The van der Waals surface area contributed by atoms with Gasteiger partial charge in [-0.15, -0.1) is 0 Å². The van der Waals surface area contributed by atoms with Crippen LogP contribution in [0.3, 0.4) is 0 Å². The van der Waals surface area contributed by atoms with Crippen molar-refractivity contribution in [1.29, 1.82) is 0 Å². The Morgan fingerprint density at radius 3 is 2.40 bits per heavy atom. The summed E-state index contributed by atoms with van der Waals surface area (Å²) < 4.78 is 27.8. The van der Waals surface area contributed by atoms with Crippen molar-refractivity contribution in [2.75, 3.05) is 29.9 Å². The molecule has 2 aromatic carbocycles. The predicted molar refractivity (Wildman–Crippen MR) is 133 cm³/mol. The van der Waals surface area contributed by atoms with Gasteiger partial charge in [-0.3, -0.25) is 14.4 Å². The molecule has 0 saturated heterocycles. The number of carbonyl (C=O) groups is 3. The van der Waals surface area contributed by atoms with E-state index in [0.29, 0.717) is 24.2 Å². The summed E-state index contributed by atoms with van der Waals surface area (Å²) in [6.07, 6.45) is 4.61. The van der Waals surface area contributed by atoms with Crippen LogP contribution < -0.4 is 20.3 Å². The Balaban J connectivity index is 1.25. The number of anilines is 2. The highest BCUT2D eigenvalue weighted by Crippen LogP contribution is 2.30. The molecule has 186 valence electrons. The molecule has 0 bridgehead atoms. The quantitative estimate of drug-likeness (QED) is 0.482. The molecule has 35 heavy (non-hydrogen) atoms. The number of rotatable bonds is 8. The van der Waals surface area contributed by atoms with E-state index in [-0.39, 0.29) is 41.6 Å². The molecular formula is C25H30N4O5S. The first-order valence-electron chi connectivity index (χ1n) is 11.8. The first kappa shape index (κ1) is 24.9. The van der Waals surface area contributed by atoms with E-state index < -0.39 is 10.0 Å². The standard InChI is InChI=1S/C25H30N4O5S/c1-17(30)29-15-12-20-16-22(10-11-23(20)29)35(33,34)27-14-13-26-24(31)19-6-8-21(9-7-19)28-25(32)18-4-2-3-5-18/h6-11,16,18,27H,2-5,12-15H2,1H3,(H,26,31)(H,28,32). The summed E-state index contributed by atoms with van der Waals surface area (Å²) in [7, 11) is -3.75. The number of hydrogen-bond acceptors (Lipinski definition) is 5. The summed E-state index contributed by atoms with van der Waals surface area (Å²) in [5, 5.41) is 5.58. The van der Waals surface area contributed by atoms with E-state index >= 15 is 0 Å². The highest BCUT2D eigenvalue weighted by molar-refractivity contribution is 7.89. The molecule has 10 heteroatoms. The first-order chi connectivity index (χ1) is 16.7. The number of amides is 3. The highest BCUT2D eigenvalue weighted by atomic mass is 32.2. The smallest absolute Gasteiger partial charge is 0.251 e. The first-order valence-corrected chi connectivity index (χ1v) is 13.3. The third-order valence-corrected chi connectivity index (χ3v) is 7.94. The lowest BCUT2D eigenvalue weighted by molar-refractivity contribution is -0.119. The van der Waals surface area contributed by atoms with Crippen molar-refractivity contribution in [2.24, 2.45) is 5.92 Å². The Hall–Kier alpha value is -3.24. The molecule has 0 atom stereocenters. The summed E-state index contributed by atoms with van der Waals surface area (Å²) in [6.45, 7) is 2.17. The maximum atomic E-state index is 12.6. The number of nitrogens with one attached hydrogen (secondary N) is 3. The van der Waals surface area contributed by atoms with Gasteiger partial charge in [-0.25, -0.2) is 13.1 Å². The second kappa shape index (κ2) is 10.6. The van der Waals surface area contributed by atoms with E-state index in [1.54, 1.807) is 41.3 Å². The molecule has 1 aliphatic carbocycles. The van der Waals surface area contributed by atoms with E-state index in [2.05, 4.69) is 15.4 Å². The van der Waals surface area contributed by atoms with Crippen LogP contribution >= 0.6 is 0 Å². The maximum absolute atomic E-state index is 12.6. The van der Waals surface area contributed by atoms with Gasteiger partial charge in [0, 0.05) is 49.4 Å². The topological polar surface area (TPSA) is 125 Å². The van der Waals surface area contributed by atoms with Gasteiger partial charge in [-0.1, -0.05) is 12.8 Å². The summed E-state index contributed by atoms with van der Waals surface area (Å²) in [6, 6.07) is 11.3. The fourth-order valence-electron chi connectivity index (χ4n) is 4.56. The highest BCUT2D eigenvalue weighted by Gasteiger charge is 2.25. The van der Waals surface area contributed by atoms with Crippen molar-refractivity contribution in [3.63, 3.8) is 0 Å². The number of benzene rings is 2. The van der Waals surface area contributed by atoms with Gasteiger partial charge in [0.05, 0.1) is 4.90 Å². The molecule has 3 N–H and O–H groups in total. The molecule has 1 aliphatic heterocycles. The SMILES string of the molecule is CC(=O)N1CCc2cc(S(=O)(=O)NCCNC(=O)c3ccc(NC(=O)C4CCCC4)cc3)ccc21. The predicted octanol–water partition coefficient (Wildman–Crippen LogP) is 2.43. The fraction of sp³-hybridized carbons (Fsp3) is 0.400. The molecule has 1 fully saturated rings. The van der Waals surface area contributed by atoms with E-state index in [9.17, 15) is 22.8 Å². The lowest BCUT2D eigenvalue weighted by atomic mass is 10.1. The van der Waals surface area contributed by atoms with Crippen LogP contribution in [0, 0.1) is 5.92 Å². The van der Waals surface area contributed by atoms with Gasteiger partial charge in [-0.2, -0.15) is 0 Å². The Bertz CT molecular complexity index is 1220. The lowest BCUT2D eigenvalue weighted by Crippen LogP contribution is -2.34. The Morgan fingerprint density at radius 2 is 1.71 bits per heavy atom. The molecule has 0 aromatic heterocycles. The summed E-state index contributed by atoms with van der Waals surface area (Å²) in [4.78, 5) is 38.0. The molecule has 1 saturated carbocycles. The molecule has 4 rings (SSSR count). The molecule has 3 amide bonds. The average molecular weight is 499 g/mol. The summed E-state index contributed by atoms with van der Waals surface area (Å²) >= 11 is 0. The number of nitrogens with zero attached hydrogens (tertiary/aromatic N) is 1. The van der Waals surface area contributed by atoms with Gasteiger partial charge in [0.15, 0.2) is 0 Å². The number of fused-ring (bicyclic) bond motifs is 1. The molecule has 0 spiro atoms. The van der Waals surface area contributed by atoms with Crippen LogP contribution in [0.2, 0.25) is 0 Å². The van der Waals surface area contributed by atoms with Crippen molar-refractivity contribution < 1.29 is 22.8 Å². The van der Waals surface area contributed by atoms with Crippen molar-refractivity contribution in [3.8, 4) is 0 Å². The van der Waals surface area contributed by atoms with Crippen LogP contribution in [0.25, 0.3) is 0 Å². The van der Waals surface area contributed by atoms with E-state index in [1.165, 1.54) is 13.0 Å². The number of carbonyl (C=O) groups excluding carboxylic acids is 3. The largest absolute Gasteiger partial charge is 0.351 e. The second-order valence-electron chi connectivity index (χ2n) is 8.91. The molecule has 2 aromatic rings. The Kier molecular flexibility index (Phi) is 7.51. The van der Waals surface area contributed by atoms with Crippen molar-refractivity contribution in [3.05, 3.63) is 53.6 Å². The zero-order valence-electron chi connectivity index (χ0n) is 19.7. The average Bonchev–Trinajstić information content (AvgIpc) is 3.52. The summed E-state index contributed by atoms with van der Waals surface area (Å²) in [5.41, 5.74) is 2.62. The zero-order chi connectivity index (χ0) is 25.0. The second-order valence-corrected chi connectivity index (χ2v) is 10.7. The van der Waals surface area contributed by atoms with Crippen molar-refractivity contribution in [2.45, 2.75) is 43.9 Å². The monoisotopic (exact) mass is 498 g/mol. The zero-order valence-corrected chi connectivity index (χ0v) is 20.5. The molecular weight excluding hydrogens is 468 g/mol. The van der Waals surface area contributed by atoms with Gasteiger partial charge < -0.3 is 15.5 Å². The van der Waals surface area contributed by atoms with Crippen molar-refractivity contribution in [1.82, 2.24) is 10.0 Å². The fourth-order valence-corrected chi connectivity index (χ4v) is 5.64. The summed E-state index contributed by atoms with van der Waals surface area (Å²) in [5.74, 6) is -0.322.